The highest BCUT2D eigenvalue weighted by atomic mass is 79.9. The summed E-state index contributed by atoms with van der Waals surface area (Å²) in [5, 5.41) is 0. The van der Waals surface area contributed by atoms with Gasteiger partial charge in [-0.25, -0.2) is 0 Å². The summed E-state index contributed by atoms with van der Waals surface area (Å²) < 4.78 is 5.76. The smallest absolute Gasteiger partial charge is 0.122 e. The molecule has 2 heteroatoms. The van der Waals surface area contributed by atoms with Crippen molar-refractivity contribution in [3.05, 3.63) is 64.7 Å². The van der Waals surface area contributed by atoms with Gasteiger partial charge in [0.25, 0.3) is 0 Å². The van der Waals surface area contributed by atoms with Gasteiger partial charge in [-0.05, 0) is 48.6 Å². The van der Waals surface area contributed by atoms with Crippen LogP contribution in [0.2, 0.25) is 0 Å². The van der Waals surface area contributed by atoms with Crippen molar-refractivity contribution in [3.63, 3.8) is 0 Å². The normalized spacial score (nSPS) is 19.1. The zero-order valence-corrected chi connectivity index (χ0v) is 13.5. The third-order valence-electron chi connectivity index (χ3n) is 4.21. The highest BCUT2D eigenvalue weighted by molar-refractivity contribution is 9.09. The van der Waals surface area contributed by atoms with Crippen molar-refractivity contribution in [1.82, 2.24) is 0 Å². The molecule has 0 aliphatic carbocycles. The minimum atomic E-state index is 0.340. The molecular weight excluding hydrogens is 312 g/mol. The Labute approximate surface area is 129 Å². The van der Waals surface area contributed by atoms with E-state index in [1.807, 2.05) is 6.07 Å². The van der Waals surface area contributed by atoms with Gasteiger partial charge in [-0.2, -0.15) is 0 Å². The van der Waals surface area contributed by atoms with Crippen LogP contribution in [0.15, 0.2) is 42.5 Å². The molecule has 104 valence electrons. The number of rotatable bonds is 2. The summed E-state index contributed by atoms with van der Waals surface area (Å²) in [4.78, 5) is 0.340. The maximum absolute atomic E-state index is 5.76. The first-order chi connectivity index (χ1) is 9.66. The van der Waals surface area contributed by atoms with Crippen LogP contribution in [0.4, 0.5) is 0 Å². The van der Waals surface area contributed by atoms with E-state index in [9.17, 15) is 0 Å². The zero-order chi connectivity index (χ0) is 14.1. The molecule has 3 rings (SSSR count). The van der Waals surface area contributed by atoms with Crippen LogP contribution in [0.25, 0.3) is 0 Å². The molecular formula is C18H19BrO. The van der Waals surface area contributed by atoms with Gasteiger partial charge in [-0.3, -0.25) is 0 Å². The average molecular weight is 331 g/mol. The number of ether oxygens (including phenoxy) is 1. The van der Waals surface area contributed by atoms with E-state index in [0.29, 0.717) is 10.7 Å². The predicted molar refractivity (Wildman–Crippen MR) is 86.9 cm³/mol. The van der Waals surface area contributed by atoms with Crippen molar-refractivity contribution >= 4 is 15.9 Å². The fourth-order valence-electron chi connectivity index (χ4n) is 2.84. The monoisotopic (exact) mass is 330 g/mol. The number of benzene rings is 2. The topological polar surface area (TPSA) is 9.23 Å². The molecule has 2 atom stereocenters. The van der Waals surface area contributed by atoms with E-state index < -0.39 is 0 Å². The van der Waals surface area contributed by atoms with E-state index in [1.165, 1.54) is 22.3 Å². The predicted octanol–water partition coefficient (Wildman–Crippen LogP) is 5.31. The van der Waals surface area contributed by atoms with Crippen LogP contribution in [-0.4, -0.2) is 6.61 Å². The summed E-state index contributed by atoms with van der Waals surface area (Å²) in [5.41, 5.74) is 5.38. The van der Waals surface area contributed by atoms with Crippen LogP contribution in [0.1, 0.15) is 39.4 Å². The highest BCUT2D eigenvalue weighted by Crippen LogP contribution is 2.45. The molecule has 0 aromatic heterocycles. The molecule has 1 aliphatic rings. The van der Waals surface area contributed by atoms with Crippen molar-refractivity contribution in [1.29, 1.82) is 0 Å². The lowest BCUT2D eigenvalue weighted by Gasteiger charge is -2.30. The summed E-state index contributed by atoms with van der Waals surface area (Å²) >= 11 is 3.92. The Morgan fingerprint density at radius 1 is 1.10 bits per heavy atom. The molecule has 1 aliphatic heterocycles. The van der Waals surface area contributed by atoms with Crippen molar-refractivity contribution in [2.45, 2.75) is 31.0 Å². The second kappa shape index (κ2) is 5.61. The van der Waals surface area contributed by atoms with Crippen molar-refractivity contribution in [2.24, 2.45) is 0 Å². The summed E-state index contributed by atoms with van der Waals surface area (Å²) in [6.07, 6.45) is 1.06. The second-order valence-electron chi connectivity index (χ2n) is 5.53. The second-order valence-corrected chi connectivity index (χ2v) is 6.51. The first-order valence-electron chi connectivity index (χ1n) is 7.10. The summed E-state index contributed by atoms with van der Waals surface area (Å²) in [6, 6.07) is 15.1. The molecule has 0 fully saturated rings. The molecule has 0 radical (unpaired) electrons. The molecule has 2 aromatic rings. The fourth-order valence-corrected chi connectivity index (χ4v) is 3.68. The van der Waals surface area contributed by atoms with Gasteiger partial charge in [0.05, 0.1) is 6.61 Å². The van der Waals surface area contributed by atoms with Crippen LogP contribution < -0.4 is 4.74 Å². The first-order valence-corrected chi connectivity index (χ1v) is 8.01. The molecule has 0 bridgehead atoms. The van der Waals surface area contributed by atoms with Crippen LogP contribution in [0.3, 0.4) is 0 Å². The third-order valence-corrected chi connectivity index (χ3v) is 5.37. The lowest BCUT2D eigenvalue weighted by molar-refractivity contribution is 0.266. The van der Waals surface area contributed by atoms with E-state index in [2.05, 4.69) is 66.2 Å². The number of aryl methyl sites for hydroxylation is 2. The lowest BCUT2D eigenvalue weighted by atomic mass is 9.86. The Morgan fingerprint density at radius 2 is 1.90 bits per heavy atom. The average Bonchev–Trinajstić information content (AvgIpc) is 2.49. The van der Waals surface area contributed by atoms with E-state index in [0.717, 1.165) is 18.8 Å². The molecule has 0 saturated carbocycles. The minimum absolute atomic E-state index is 0.340. The number of para-hydroxylation sites is 1. The van der Waals surface area contributed by atoms with Crippen molar-refractivity contribution in [2.75, 3.05) is 6.61 Å². The molecule has 0 saturated heterocycles. The number of hydrogen-bond acceptors (Lipinski definition) is 1. The van der Waals surface area contributed by atoms with Gasteiger partial charge in [0.15, 0.2) is 0 Å². The Kier molecular flexibility index (Phi) is 3.84. The molecule has 2 aromatic carbocycles. The van der Waals surface area contributed by atoms with Gasteiger partial charge >= 0.3 is 0 Å². The van der Waals surface area contributed by atoms with Crippen LogP contribution in [0, 0.1) is 13.8 Å². The van der Waals surface area contributed by atoms with Gasteiger partial charge in [-0.1, -0.05) is 52.3 Å². The van der Waals surface area contributed by atoms with Gasteiger partial charge in [0.1, 0.15) is 5.75 Å². The quantitative estimate of drug-likeness (QED) is 0.678. The molecule has 0 spiro atoms. The van der Waals surface area contributed by atoms with Crippen molar-refractivity contribution in [3.8, 4) is 5.75 Å². The maximum Gasteiger partial charge on any atom is 0.122 e. The van der Waals surface area contributed by atoms with Crippen LogP contribution in [0.5, 0.6) is 5.75 Å². The molecule has 1 nitrogen and oxygen atoms in total. The van der Waals surface area contributed by atoms with Crippen molar-refractivity contribution < 1.29 is 4.74 Å². The third kappa shape index (κ3) is 2.49. The highest BCUT2D eigenvalue weighted by Gasteiger charge is 2.28. The molecule has 0 amide bonds. The number of halogens is 1. The largest absolute Gasteiger partial charge is 0.493 e. The number of hydrogen-bond donors (Lipinski definition) is 0. The van der Waals surface area contributed by atoms with E-state index >= 15 is 0 Å². The molecule has 0 N–H and O–H groups in total. The Balaban J connectivity index is 1.95. The van der Waals surface area contributed by atoms with Crippen LogP contribution in [-0.2, 0) is 0 Å². The Bertz CT molecular complexity index is 621. The Morgan fingerprint density at radius 3 is 2.70 bits per heavy atom. The van der Waals surface area contributed by atoms with E-state index in [1.54, 1.807) is 0 Å². The summed E-state index contributed by atoms with van der Waals surface area (Å²) in [6.45, 7) is 5.14. The Hall–Kier alpha value is -1.28. The zero-order valence-electron chi connectivity index (χ0n) is 11.9. The molecule has 1 heterocycles. The van der Waals surface area contributed by atoms with Gasteiger partial charge in [0, 0.05) is 10.7 Å². The fraction of sp³-hybridized carbons (Fsp3) is 0.333. The minimum Gasteiger partial charge on any atom is -0.493 e. The SMILES string of the molecule is Cc1ccc(C(Br)C2CCOc3ccccc32)cc1C. The summed E-state index contributed by atoms with van der Waals surface area (Å²) in [7, 11) is 0. The standard InChI is InChI=1S/C18H19BrO/c1-12-7-8-14(11-13(12)2)18(19)16-9-10-20-17-6-4-3-5-15(16)17/h3-8,11,16,18H,9-10H2,1-2H3. The van der Waals surface area contributed by atoms with Gasteiger partial charge in [0.2, 0.25) is 0 Å². The lowest BCUT2D eigenvalue weighted by Crippen LogP contribution is -2.17. The molecule has 20 heavy (non-hydrogen) atoms. The van der Waals surface area contributed by atoms with Gasteiger partial charge in [-0.15, -0.1) is 0 Å². The number of fused-ring (bicyclic) bond motifs is 1. The first kappa shape index (κ1) is 13.7. The number of alkyl halides is 1. The van der Waals surface area contributed by atoms with Crippen LogP contribution >= 0.6 is 15.9 Å². The van der Waals surface area contributed by atoms with E-state index in [4.69, 9.17) is 4.74 Å². The maximum atomic E-state index is 5.76. The van der Waals surface area contributed by atoms with E-state index in [-0.39, 0.29) is 0 Å². The summed E-state index contributed by atoms with van der Waals surface area (Å²) in [5.74, 6) is 1.51. The molecule has 2 unspecified atom stereocenters. The van der Waals surface area contributed by atoms with Gasteiger partial charge < -0.3 is 4.74 Å².